The Morgan fingerprint density at radius 3 is 2.45 bits per heavy atom. The first-order valence-corrected chi connectivity index (χ1v) is 11.7. The Morgan fingerprint density at radius 2 is 1.74 bits per heavy atom. The summed E-state index contributed by atoms with van der Waals surface area (Å²) in [6.45, 7) is 6.88. The Bertz CT molecular complexity index is 798. The molecule has 0 unspecified atom stereocenters. The molecule has 0 bridgehead atoms. The van der Waals surface area contributed by atoms with E-state index in [9.17, 15) is 4.79 Å². The van der Waals surface area contributed by atoms with Crippen molar-refractivity contribution in [2.75, 3.05) is 39.3 Å². The second kappa shape index (κ2) is 11.3. The van der Waals surface area contributed by atoms with Crippen molar-refractivity contribution in [3.63, 3.8) is 0 Å². The lowest BCUT2D eigenvalue weighted by molar-refractivity contribution is 0.0943. The number of nitrogens with one attached hydrogen (secondary N) is 1. The third-order valence-corrected chi connectivity index (χ3v) is 6.23. The Hall–Kier alpha value is -2.44. The summed E-state index contributed by atoms with van der Waals surface area (Å²) in [5.41, 5.74) is 1.81. The average Bonchev–Trinajstić information content (AvgIpc) is 2.82. The van der Waals surface area contributed by atoms with Crippen LogP contribution in [0.15, 0.2) is 48.7 Å². The number of carbonyl (C=O) groups is 1. The van der Waals surface area contributed by atoms with Crippen LogP contribution in [0.3, 0.4) is 0 Å². The number of aromatic nitrogens is 1. The van der Waals surface area contributed by atoms with E-state index < -0.39 is 0 Å². The Balaban J connectivity index is 1.17. The average molecular weight is 423 g/mol. The summed E-state index contributed by atoms with van der Waals surface area (Å²) in [5.74, 6) is 0.833. The zero-order chi connectivity index (χ0) is 21.3. The van der Waals surface area contributed by atoms with Crippen molar-refractivity contribution in [2.24, 2.45) is 0 Å². The summed E-state index contributed by atoms with van der Waals surface area (Å²) in [6.07, 6.45) is 7.98. The number of hydrogen-bond donors (Lipinski definition) is 1. The third kappa shape index (κ3) is 6.77. The van der Waals surface area contributed by atoms with Crippen molar-refractivity contribution in [3.8, 4) is 5.75 Å². The number of nitrogens with zero attached hydrogens (tertiary/aromatic N) is 3. The number of pyridine rings is 1. The highest BCUT2D eigenvalue weighted by molar-refractivity contribution is 5.94. The molecule has 6 nitrogen and oxygen atoms in total. The van der Waals surface area contributed by atoms with Crippen LogP contribution in [0.1, 0.15) is 48.2 Å². The van der Waals surface area contributed by atoms with E-state index in [1.54, 1.807) is 0 Å². The van der Waals surface area contributed by atoms with Gasteiger partial charge in [0.05, 0.1) is 5.69 Å². The molecule has 0 spiro atoms. The predicted octanol–water partition coefficient (Wildman–Crippen LogP) is 3.34. The molecule has 2 saturated heterocycles. The molecule has 1 aromatic carbocycles. The predicted molar refractivity (Wildman–Crippen MR) is 122 cm³/mol. The first-order chi connectivity index (χ1) is 15.3. The monoisotopic (exact) mass is 422 g/mol. The van der Waals surface area contributed by atoms with Crippen LogP contribution in [0.4, 0.5) is 0 Å². The molecule has 6 heteroatoms. The maximum Gasteiger partial charge on any atom is 0.251 e. The number of piperidine rings is 2. The zero-order valence-electron chi connectivity index (χ0n) is 18.3. The maximum atomic E-state index is 12.4. The molecular weight excluding hydrogens is 388 g/mol. The van der Waals surface area contributed by atoms with Gasteiger partial charge in [0.15, 0.2) is 0 Å². The van der Waals surface area contributed by atoms with Gasteiger partial charge in [-0.05, 0) is 75.2 Å². The fourth-order valence-corrected chi connectivity index (χ4v) is 4.40. The van der Waals surface area contributed by atoms with Crippen molar-refractivity contribution in [2.45, 2.75) is 44.8 Å². The minimum absolute atomic E-state index is 0.00797. The molecule has 0 atom stereocenters. The van der Waals surface area contributed by atoms with Crippen LogP contribution in [0.5, 0.6) is 5.75 Å². The molecule has 0 aliphatic carbocycles. The van der Waals surface area contributed by atoms with Gasteiger partial charge in [0.2, 0.25) is 0 Å². The van der Waals surface area contributed by atoms with Gasteiger partial charge in [-0.3, -0.25) is 14.7 Å². The Kier molecular flexibility index (Phi) is 7.91. The normalized spacial score (nSPS) is 18.6. The van der Waals surface area contributed by atoms with Gasteiger partial charge in [0, 0.05) is 44.5 Å². The third-order valence-electron chi connectivity index (χ3n) is 6.23. The molecule has 1 amide bonds. The van der Waals surface area contributed by atoms with Crippen molar-refractivity contribution < 1.29 is 9.53 Å². The van der Waals surface area contributed by atoms with Crippen LogP contribution in [0, 0.1) is 0 Å². The summed E-state index contributed by atoms with van der Waals surface area (Å²) in [6, 6.07) is 13.6. The minimum Gasteiger partial charge on any atom is -0.490 e. The molecule has 0 saturated carbocycles. The molecule has 2 aromatic rings. The van der Waals surface area contributed by atoms with E-state index in [0.29, 0.717) is 12.1 Å². The highest BCUT2D eigenvalue weighted by Crippen LogP contribution is 2.20. The van der Waals surface area contributed by atoms with E-state index in [1.807, 2.05) is 42.6 Å². The Morgan fingerprint density at radius 1 is 0.968 bits per heavy atom. The van der Waals surface area contributed by atoms with Crippen LogP contribution in [-0.2, 0) is 6.54 Å². The fourth-order valence-electron chi connectivity index (χ4n) is 4.40. The lowest BCUT2D eigenvalue weighted by Gasteiger charge is -2.31. The quantitative estimate of drug-likeness (QED) is 0.707. The SMILES string of the molecule is O=C(NCCN1CCCCC1)c1ccc(OC2CCN(Cc3ccccn3)CC2)cc1. The van der Waals surface area contributed by atoms with Crippen LogP contribution in [0.2, 0.25) is 0 Å². The first kappa shape index (κ1) is 21.8. The fraction of sp³-hybridized carbons (Fsp3) is 0.520. The van der Waals surface area contributed by atoms with Crippen molar-refractivity contribution in [1.82, 2.24) is 20.1 Å². The number of amides is 1. The van der Waals surface area contributed by atoms with Gasteiger partial charge in [-0.2, -0.15) is 0 Å². The summed E-state index contributed by atoms with van der Waals surface area (Å²) in [4.78, 5) is 21.7. The minimum atomic E-state index is -0.00797. The number of rotatable bonds is 8. The first-order valence-electron chi connectivity index (χ1n) is 11.7. The number of hydrogen-bond acceptors (Lipinski definition) is 5. The maximum absolute atomic E-state index is 12.4. The van der Waals surface area contributed by atoms with Crippen molar-refractivity contribution in [3.05, 3.63) is 59.9 Å². The molecule has 3 heterocycles. The molecule has 2 aliphatic heterocycles. The standard InChI is InChI=1S/C25H34N4O2/c30-25(27-14-19-28-15-4-1-5-16-28)21-7-9-23(10-8-21)31-24-11-17-29(18-12-24)20-22-6-2-3-13-26-22/h2-3,6-10,13,24H,1,4-5,11-12,14-20H2,(H,27,30). The van der Waals surface area contributed by atoms with E-state index in [-0.39, 0.29) is 12.0 Å². The largest absolute Gasteiger partial charge is 0.490 e. The number of benzene rings is 1. The van der Waals surface area contributed by atoms with Gasteiger partial charge >= 0.3 is 0 Å². The highest BCUT2D eigenvalue weighted by Gasteiger charge is 2.21. The molecule has 31 heavy (non-hydrogen) atoms. The van der Waals surface area contributed by atoms with E-state index in [1.165, 1.54) is 19.3 Å². The van der Waals surface area contributed by atoms with Gasteiger partial charge < -0.3 is 15.0 Å². The molecule has 166 valence electrons. The van der Waals surface area contributed by atoms with Crippen molar-refractivity contribution >= 4 is 5.91 Å². The number of carbonyl (C=O) groups excluding carboxylic acids is 1. The molecule has 2 fully saturated rings. The van der Waals surface area contributed by atoms with Gasteiger partial charge in [-0.15, -0.1) is 0 Å². The molecule has 1 aromatic heterocycles. The Labute approximate surface area is 185 Å². The number of likely N-dealkylation sites (tertiary alicyclic amines) is 2. The van der Waals surface area contributed by atoms with E-state index >= 15 is 0 Å². The van der Waals surface area contributed by atoms with Crippen molar-refractivity contribution in [1.29, 1.82) is 0 Å². The van der Waals surface area contributed by atoms with Crippen LogP contribution in [-0.4, -0.2) is 66.1 Å². The van der Waals surface area contributed by atoms with Gasteiger partial charge in [0.1, 0.15) is 11.9 Å². The zero-order valence-corrected chi connectivity index (χ0v) is 18.3. The highest BCUT2D eigenvalue weighted by atomic mass is 16.5. The number of ether oxygens (including phenoxy) is 1. The summed E-state index contributed by atoms with van der Waals surface area (Å²) < 4.78 is 6.17. The van der Waals surface area contributed by atoms with Crippen LogP contribution >= 0.6 is 0 Å². The molecule has 1 N–H and O–H groups in total. The molecule has 2 aliphatic rings. The van der Waals surface area contributed by atoms with Gasteiger partial charge in [0.25, 0.3) is 5.91 Å². The smallest absolute Gasteiger partial charge is 0.251 e. The second-order valence-electron chi connectivity index (χ2n) is 8.60. The molecule has 0 radical (unpaired) electrons. The van der Waals surface area contributed by atoms with E-state index in [4.69, 9.17) is 4.74 Å². The topological polar surface area (TPSA) is 57.7 Å². The van der Waals surface area contributed by atoms with Crippen LogP contribution < -0.4 is 10.1 Å². The van der Waals surface area contributed by atoms with E-state index in [2.05, 4.69) is 26.2 Å². The van der Waals surface area contributed by atoms with Gasteiger partial charge in [-0.25, -0.2) is 0 Å². The van der Waals surface area contributed by atoms with Gasteiger partial charge in [-0.1, -0.05) is 12.5 Å². The second-order valence-corrected chi connectivity index (χ2v) is 8.60. The lowest BCUT2D eigenvalue weighted by atomic mass is 10.1. The summed E-state index contributed by atoms with van der Waals surface area (Å²) in [7, 11) is 0. The summed E-state index contributed by atoms with van der Waals surface area (Å²) in [5, 5.41) is 3.04. The molecule has 4 rings (SSSR count). The van der Waals surface area contributed by atoms with E-state index in [0.717, 1.165) is 63.6 Å². The molecular formula is C25H34N4O2. The summed E-state index contributed by atoms with van der Waals surface area (Å²) >= 11 is 0. The lowest BCUT2D eigenvalue weighted by Crippen LogP contribution is -2.38. The van der Waals surface area contributed by atoms with Crippen LogP contribution in [0.25, 0.3) is 0 Å².